The molecule has 0 aliphatic rings. The Morgan fingerprint density at radius 2 is 1.75 bits per heavy atom. The van der Waals surface area contributed by atoms with Crippen molar-refractivity contribution in [1.29, 1.82) is 0 Å². The summed E-state index contributed by atoms with van der Waals surface area (Å²) in [5, 5.41) is 0. The largest absolute Gasteiger partial charge is 0.322 e. The van der Waals surface area contributed by atoms with Crippen LogP contribution in [0.15, 0.2) is 0 Å². The van der Waals surface area contributed by atoms with Crippen LogP contribution in [0.3, 0.4) is 0 Å². The summed E-state index contributed by atoms with van der Waals surface area (Å²) in [4.78, 5) is 0. The highest BCUT2D eigenvalue weighted by molar-refractivity contribution is 8.70. The third-order valence-electron chi connectivity index (χ3n) is 1.69. The Kier molecular flexibility index (Phi) is 4.07. The van der Waals surface area contributed by atoms with Crippen molar-refractivity contribution in [2.45, 2.75) is 33.8 Å². The van der Waals surface area contributed by atoms with Crippen molar-refractivity contribution in [3.8, 4) is 0 Å². The average Bonchev–Trinajstić information content (AvgIpc) is 1.85. The summed E-state index contributed by atoms with van der Waals surface area (Å²) >= 11 is 0. The van der Waals surface area contributed by atoms with Gasteiger partial charge in [-0.2, -0.15) is 8.42 Å². The smallest absolute Gasteiger partial charge is 0.258 e. The average molecular weight is 212 g/mol. The van der Waals surface area contributed by atoms with Gasteiger partial charge in [0.25, 0.3) is 0 Å². The van der Waals surface area contributed by atoms with Crippen LogP contribution >= 0.6 is 10.8 Å². The van der Waals surface area contributed by atoms with Crippen molar-refractivity contribution in [1.82, 2.24) is 0 Å². The summed E-state index contributed by atoms with van der Waals surface area (Å²) in [6.45, 7) is 7.57. The fourth-order valence-corrected chi connectivity index (χ4v) is 1.67. The number of hydrogen-bond acceptors (Lipinski definition) is 4. The van der Waals surface area contributed by atoms with Gasteiger partial charge in [0.15, 0.2) is 0 Å². The van der Waals surface area contributed by atoms with Gasteiger partial charge < -0.3 is 0 Å². The first-order valence-electron chi connectivity index (χ1n) is 3.68. The molecule has 0 bridgehead atoms. The maximum Gasteiger partial charge on any atom is 0.322 e. The van der Waals surface area contributed by atoms with E-state index in [1.807, 2.05) is 20.8 Å². The highest BCUT2D eigenvalue weighted by Gasteiger charge is 2.25. The van der Waals surface area contributed by atoms with Crippen LogP contribution in [0.4, 0.5) is 0 Å². The van der Waals surface area contributed by atoms with Gasteiger partial charge in [-0.1, -0.05) is 20.8 Å². The summed E-state index contributed by atoms with van der Waals surface area (Å²) in [6.07, 6.45) is 1.19. The maximum absolute atomic E-state index is 11.0. The van der Waals surface area contributed by atoms with E-state index in [1.54, 1.807) is 6.92 Å². The van der Waals surface area contributed by atoms with E-state index in [4.69, 9.17) is 4.18 Å². The standard InChI is InChI=1S/C7H16O3S2/c1-6(7(2,3)4)10-12(8,9)11-5/h6H,1-5H3/t6-/m0/s1. The summed E-state index contributed by atoms with van der Waals surface area (Å²) in [5.41, 5.74) is -0.150. The molecule has 0 saturated heterocycles. The van der Waals surface area contributed by atoms with E-state index in [9.17, 15) is 8.42 Å². The Morgan fingerprint density at radius 3 is 2.00 bits per heavy atom. The van der Waals surface area contributed by atoms with Crippen LogP contribution in [0.1, 0.15) is 27.7 Å². The van der Waals surface area contributed by atoms with E-state index in [1.165, 1.54) is 6.26 Å². The van der Waals surface area contributed by atoms with Gasteiger partial charge in [-0.15, -0.1) is 0 Å². The van der Waals surface area contributed by atoms with Crippen LogP contribution in [0.2, 0.25) is 0 Å². The molecule has 0 aliphatic heterocycles. The zero-order valence-corrected chi connectivity index (χ0v) is 9.75. The number of rotatable bonds is 3. The molecule has 0 heterocycles. The molecule has 0 aromatic rings. The van der Waals surface area contributed by atoms with Crippen LogP contribution < -0.4 is 0 Å². The molecule has 0 amide bonds. The first-order chi connectivity index (χ1) is 5.19. The van der Waals surface area contributed by atoms with Gasteiger partial charge in [0.2, 0.25) is 0 Å². The van der Waals surface area contributed by atoms with Crippen LogP contribution in [0.25, 0.3) is 0 Å². The van der Waals surface area contributed by atoms with E-state index in [2.05, 4.69) is 0 Å². The third kappa shape index (κ3) is 4.33. The second kappa shape index (κ2) is 3.98. The normalized spacial score (nSPS) is 16.1. The Bertz CT molecular complexity index is 226. The summed E-state index contributed by atoms with van der Waals surface area (Å²) in [7, 11) is -2.66. The van der Waals surface area contributed by atoms with E-state index in [-0.39, 0.29) is 11.5 Å². The molecule has 12 heavy (non-hydrogen) atoms. The van der Waals surface area contributed by atoms with E-state index < -0.39 is 9.15 Å². The molecule has 3 nitrogen and oxygen atoms in total. The van der Waals surface area contributed by atoms with Gasteiger partial charge in [-0.3, -0.25) is 4.18 Å². The first kappa shape index (κ1) is 12.3. The lowest BCUT2D eigenvalue weighted by molar-refractivity contribution is 0.114. The number of hydrogen-bond donors (Lipinski definition) is 0. The first-order valence-corrected chi connectivity index (χ1v) is 6.83. The maximum atomic E-state index is 11.0. The second-order valence-electron chi connectivity index (χ2n) is 3.68. The van der Waals surface area contributed by atoms with Crippen LogP contribution in [0, 0.1) is 5.41 Å². The Labute approximate surface area is 78.4 Å². The van der Waals surface area contributed by atoms with Crippen molar-refractivity contribution >= 4 is 19.9 Å². The molecular formula is C7H16O3S2. The molecule has 1 atom stereocenters. The summed E-state index contributed by atoms with van der Waals surface area (Å²) in [6, 6.07) is 0. The molecule has 0 radical (unpaired) electrons. The lowest BCUT2D eigenvalue weighted by atomic mass is 9.91. The lowest BCUT2D eigenvalue weighted by Crippen LogP contribution is -2.27. The molecule has 0 aromatic heterocycles. The van der Waals surface area contributed by atoms with Crippen LogP contribution in [-0.2, 0) is 13.3 Å². The Balaban J connectivity index is 4.30. The topological polar surface area (TPSA) is 43.4 Å². The van der Waals surface area contributed by atoms with Crippen molar-refractivity contribution in [2.24, 2.45) is 5.41 Å². The molecule has 0 aliphatic carbocycles. The molecule has 5 heteroatoms. The molecule has 0 fully saturated rings. The van der Waals surface area contributed by atoms with Crippen LogP contribution in [-0.4, -0.2) is 20.8 Å². The molecule has 0 saturated carbocycles. The van der Waals surface area contributed by atoms with Gasteiger partial charge in [0, 0.05) is 0 Å². The molecule has 0 spiro atoms. The van der Waals surface area contributed by atoms with Crippen molar-refractivity contribution in [3.05, 3.63) is 0 Å². The molecule has 0 rings (SSSR count). The Morgan fingerprint density at radius 1 is 1.33 bits per heavy atom. The van der Waals surface area contributed by atoms with Gasteiger partial charge in [0.1, 0.15) is 0 Å². The minimum atomic E-state index is -3.39. The Hall–Kier alpha value is 0.260. The third-order valence-corrected chi connectivity index (χ3v) is 4.08. The zero-order valence-electron chi connectivity index (χ0n) is 8.12. The molecule has 74 valence electrons. The summed E-state index contributed by atoms with van der Waals surface area (Å²) < 4.78 is 26.9. The minimum absolute atomic E-state index is 0.150. The monoisotopic (exact) mass is 212 g/mol. The van der Waals surface area contributed by atoms with Gasteiger partial charge in [-0.25, -0.2) is 0 Å². The fraction of sp³-hybridized carbons (Fsp3) is 1.00. The highest BCUT2D eigenvalue weighted by atomic mass is 33.1. The van der Waals surface area contributed by atoms with E-state index in [0.29, 0.717) is 0 Å². The minimum Gasteiger partial charge on any atom is -0.258 e. The van der Waals surface area contributed by atoms with Gasteiger partial charge in [0.05, 0.1) is 6.10 Å². The predicted molar refractivity (Wildman–Crippen MR) is 52.4 cm³/mol. The van der Waals surface area contributed by atoms with Crippen molar-refractivity contribution < 1.29 is 12.6 Å². The highest BCUT2D eigenvalue weighted by Crippen LogP contribution is 2.25. The van der Waals surface area contributed by atoms with E-state index >= 15 is 0 Å². The summed E-state index contributed by atoms with van der Waals surface area (Å²) in [5.74, 6) is 0. The van der Waals surface area contributed by atoms with Gasteiger partial charge >= 0.3 is 9.15 Å². The predicted octanol–water partition coefficient (Wildman–Crippen LogP) is 2.05. The lowest BCUT2D eigenvalue weighted by Gasteiger charge is -2.25. The molecular weight excluding hydrogens is 196 g/mol. The quantitative estimate of drug-likeness (QED) is 0.672. The second-order valence-corrected chi connectivity index (χ2v) is 7.25. The van der Waals surface area contributed by atoms with Gasteiger partial charge in [-0.05, 0) is 29.4 Å². The molecule has 0 unspecified atom stereocenters. The molecule has 0 aromatic carbocycles. The van der Waals surface area contributed by atoms with Crippen molar-refractivity contribution in [2.75, 3.05) is 6.26 Å². The zero-order chi connectivity index (χ0) is 9.99. The van der Waals surface area contributed by atoms with Crippen molar-refractivity contribution in [3.63, 3.8) is 0 Å². The molecule has 0 N–H and O–H groups in total. The van der Waals surface area contributed by atoms with Crippen LogP contribution in [0.5, 0.6) is 0 Å². The van der Waals surface area contributed by atoms with E-state index in [0.717, 1.165) is 10.8 Å². The SMILES string of the molecule is CSS(=O)(=O)O[C@@H](C)C(C)(C)C. The fourth-order valence-electron chi connectivity index (χ4n) is 0.360.